The number of carbonyl (C=O) groups is 3. The number of rotatable bonds is 10. The van der Waals surface area contributed by atoms with Gasteiger partial charge in [-0.05, 0) is 41.8 Å². The van der Waals surface area contributed by atoms with Crippen molar-refractivity contribution in [1.82, 2.24) is 14.5 Å². The van der Waals surface area contributed by atoms with E-state index in [2.05, 4.69) is 5.32 Å². The van der Waals surface area contributed by atoms with Gasteiger partial charge >= 0.3 is 0 Å². The van der Waals surface area contributed by atoms with E-state index in [1.54, 1.807) is 24.3 Å². The topological polar surface area (TPSA) is 104 Å². The Hall–Kier alpha value is -3.40. The quantitative estimate of drug-likeness (QED) is 0.381. The Morgan fingerprint density at radius 2 is 1.64 bits per heavy atom. The molecule has 3 aromatic rings. The fraction of sp³-hybridized carbons (Fsp3) is 0.250. The molecule has 3 aromatic carbocycles. The van der Waals surface area contributed by atoms with E-state index in [1.807, 2.05) is 37.3 Å². The molecule has 0 unspecified atom stereocenters. The van der Waals surface area contributed by atoms with Gasteiger partial charge in [-0.2, -0.15) is 0 Å². The van der Waals surface area contributed by atoms with Crippen LogP contribution < -0.4 is 5.32 Å². The van der Waals surface area contributed by atoms with Crippen LogP contribution in [0.25, 0.3) is 0 Å². The lowest BCUT2D eigenvalue weighted by Crippen LogP contribution is -2.53. The third kappa shape index (κ3) is 6.27. The van der Waals surface area contributed by atoms with Crippen LogP contribution in [0.1, 0.15) is 34.8 Å². The Kier molecular flexibility index (Phi) is 8.94. The fourth-order valence-electron chi connectivity index (χ4n) is 4.36. The predicted molar refractivity (Wildman–Crippen MR) is 149 cm³/mol. The molecular formula is C28H27Cl2N3O5S. The highest BCUT2D eigenvalue weighted by molar-refractivity contribution is 7.90. The summed E-state index contributed by atoms with van der Waals surface area (Å²) in [6.07, 6.45) is 0.855. The average molecular weight is 589 g/mol. The van der Waals surface area contributed by atoms with E-state index in [1.165, 1.54) is 23.1 Å². The maximum atomic E-state index is 13.9. The minimum absolute atomic E-state index is 0.00265. The van der Waals surface area contributed by atoms with Gasteiger partial charge in [-0.3, -0.25) is 14.4 Å². The van der Waals surface area contributed by atoms with Crippen molar-refractivity contribution in [2.75, 3.05) is 13.1 Å². The number of carbonyl (C=O) groups excluding carboxylic acids is 3. The standard InChI is InChI=1S/C28H27Cl2N3O5S/c1-2-14-31-27(35)24(16-19-8-4-3-5-9-19)32(17-20-12-13-22(29)23(30)15-20)26(34)18-33-28(36)21-10-6-7-11-25(21)39(33,37)38/h3-13,15,24H,2,14,16-18H2,1H3,(H,31,35)/t24-/m0/s1. The predicted octanol–water partition coefficient (Wildman–Crippen LogP) is 4.30. The van der Waals surface area contributed by atoms with Gasteiger partial charge in [-0.15, -0.1) is 0 Å². The van der Waals surface area contributed by atoms with Crippen molar-refractivity contribution in [1.29, 1.82) is 0 Å². The van der Waals surface area contributed by atoms with E-state index in [4.69, 9.17) is 23.2 Å². The van der Waals surface area contributed by atoms with Crippen molar-refractivity contribution in [2.45, 2.75) is 37.2 Å². The second kappa shape index (κ2) is 12.2. The number of nitrogens with zero attached hydrogens (tertiary/aromatic N) is 2. The van der Waals surface area contributed by atoms with Gasteiger partial charge in [-0.25, -0.2) is 12.7 Å². The van der Waals surface area contributed by atoms with E-state index < -0.39 is 40.3 Å². The van der Waals surface area contributed by atoms with Crippen LogP contribution in [0.4, 0.5) is 0 Å². The van der Waals surface area contributed by atoms with Crippen molar-refractivity contribution in [3.63, 3.8) is 0 Å². The van der Waals surface area contributed by atoms with Crippen LogP contribution in [0.2, 0.25) is 10.0 Å². The molecule has 1 heterocycles. The molecular weight excluding hydrogens is 561 g/mol. The van der Waals surface area contributed by atoms with Gasteiger partial charge in [0.05, 0.1) is 15.6 Å². The fourth-order valence-corrected chi connectivity index (χ4v) is 6.19. The Bertz CT molecular complexity index is 1500. The summed E-state index contributed by atoms with van der Waals surface area (Å²) in [5, 5.41) is 3.44. The molecule has 0 saturated carbocycles. The maximum Gasteiger partial charge on any atom is 0.269 e. The zero-order valence-corrected chi connectivity index (χ0v) is 23.5. The third-order valence-electron chi connectivity index (χ3n) is 6.35. The molecule has 204 valence electrons. The first-order chi connectivity index (χ1) is 18.6. The van der Waals surface area contributed by atoms with Gasteiger partial charge < -0.3 is 10.2 Å². The summed E-state index contributed by atoms with van der Waals surface area (Å²) in [4.78, 5) is 41.5. The van der Waals surface area contributed by atoms with Crippen LogP contribution in [-0.2, 0) is 32.6 Å². The molecule has 1 aliphatic heterocycles. The van der Waals surface area contributed by atoms with Crippen LogP contribution in [0.15, 0.2) is 77.7 Å². The van der Waals surface area contributed by atoms with Crippen LogP contribution in [-0.4, -0.2) is 54.5 Å². The Labute approximate surface area is 237 Å². The molecule has 0 bridgehead atoms. The number of halogens is 2. The van der Waals surface area contributed by atoms with Crippen molar-refractivity contribution in [3.05, 3.63) is 99.5 Å². The summed E-state index contributed by atoms with van der Waals surface area (Å²) in [5.74, 6) is -1.89. The number of benzene rings is 3. The second-order valence-corrected chi connectivity index (χ2v) is 11.7. The van der Waals surface area contributed by atoms with Gasteiger partial charge in [-0.1, -0.05) is 78.7 Å². The summed E-state index contributed by atoms with van der Waals surface area (Å²) in [5.41, 5.74) is 1.39. The van der Waals surface area contributed by atoms with Gasteiger partial charge in [0.2, 0.25) is 11.8 Å². The molecule has 11 heteroatoms. The zero-order chi connectivity index (χ0) is 28.2. The van der Waals surface area contributed by atoms with E-state index in [0.29, 0.717) is 27.9 Å². The zero-order valence-electron chi connectivity index (χ0n) is 21.1. The van der Waals surface area contributed by atoms with Crippen molar-refractivity contribution in [3.8, 4) is 0 Å². The molecule has 0 spiro atoms. The maximum absolute atomic E-state index is 13.9. The number of fused-ring (bicyclic) bond motifs is 1. The Morgan fingerprint density at radius 1 is 0.949 bits per heavy atom. The largest absolute Gasteiger partial charge is 0.354 e. The van der Waals surface area contributed by atoms with Crippen molar-refractivity contribution < 1.29 is 22.8 Å². The highest BCUT2D eigenvalue weighted by atomic mass is 35.5. The van der Waals surface area contributed by atoms with E-state index in [9.17, 15) is 22.8 Å². The smallest absolute Gasteiger partial charge is 0.269 e. The van der Waals surface area contributed by atoms with Crippen LogP contribution >= 0.6 is 23.2 Å². The molecule has 1 aliphatic rings. The van der Waals surface area contributed by atoms with Crippen molar-refractivity contribution >= 4 is 50.9 Å². The lowest BCUT2D eigenvalue weighted by atomic mass is 10.0. The number of sulfonamides is 1. The minimum Gasteiger partial charge on any atom is -0.354 e. The Morgan fingerprint density at radius 3 is 2.31 bits per heavy atom. The van der Waals surface area contributed by atoms with Crippen LogP contribution in [0, 0.1) is 0 Å². The number of amides is 3. The summed E-state index contributed by atoms with van der Waals surface area (Å²) < 4.78 is 26.9. The molecule has 4 rings (SSSR count). The highest BCUT2D eigenvalue weighted by Crippen LogP contribution is 2.30. The lowest BCUT2D eigenvalue weighted by molar-refractivity contribution is -0.141. The third-order valence-corrected chi connectivity index (χ3v) is 8.87. The molecule has 8 nitrogen and oxygen atoms in total. The first kappa shape index (κ1) is 28.6. The highest BCUT2D eigenvalue weighted by Gasteiger charge is 2.43. The van der Waals surface area contributed by atoms with E-state index >= 15 is 0 Å². The van der Waals surface area contributed by atoms with Gasteiger partial charge in [0, 0.05) is 19.5 Å². The average Bonchev–Trinajstić information content (AvgIpc) is 3.12. The summed E-state index contributed by atoms with van der Waals surface area (Å²) in [7, 11) is -4.23. The van der Waals surface area contributed by atoms with Gasteiger partial charge in [0.25, 0.3) is 15.9 Å². The second-order valence-electron chi connectivity index (χ2n) is 9.08. The molecule has 1 N–H and O–H groups in total. The number of hydrogen-bond acceptors (Lipinski definition) is 5. The molecule has 39 heavy (non-hydrogen) atoms. The molecule has 0 aromatic heterocycles. The van der Waals surface area contributed by atoms with Crippen LogP contribution in [0.5, 0.6) is 0 Å². The van der Waals surface area contributed by atoms with E-state index in [-0.39, 0.29) is 28.4 Å². The number of hydrogen-bond donors (Lipinski definition) is 1. The number of nitrogens with one attached hydrogen (secondary N) is 1. The minimum atomic E-state index is -4.23. The summed E-state index contributed by atoms with van der Waals surface area (Å²) in [6, 6.07) is 18.8. The van der Waals surface area contributed by atoms with E-state index in [0.717, 1.165) is 5.56 Å². The molecule has 0 saturated heterocycles. The van der Waals surface area contributed by atoms with Crippen LogP contribution in [0.3, 0.4) is 0 Å². The molecule has 0 aliphatic carbocycles. The van der Waals surface area contributed by atoms with Gasteiger partial charge in [0.1, 0.15) is 17.5 Å². The first-order valence-electron chi connectivity index (χ1n) is 12.3. The first-order valence-corrected chi connectivity index (χ1v) is 14.5. The monoisotopic (exact) mass is 587 g/mol. The molecule has 0 radical (unpaired) electrons. The van der Waals surface area contributed by atoms with Gasteiger partial charge in [0.15, 0.2) is 0 Å². The lowest BCUT2D eigenvalue weighted by Gasteiger charge is -2.32. The molecule has 0 fully saturated rings. The molecule has 1 atom stereocenters. The summed E-state index contributed by atoms with van der Waals surface area (Å²) in [6.45, 7) is 1.48. The summed E-state index contributed by atoms with van der Waals surface area (Å²) >= 11 is 12.3. The molecule has 3 amide bonds. The normalized spacial score (nSPS) is 14.5. The SMILES string of the molecule is CCCNC(=O)[C@H](Cc1ccccc1)N(Cc1ccc(Cl)c(Cl)c1)C(=O)CN1C(=O)c2ccccc2S1(=O)=O. The van der Waals surface area contributed by atoms with Crippen molar-refractivity contribution in [2.24, 2.45) is 0 Å². The Balaban J connectivity index is 1.72.